The standard InChI is InChI=1S/C22H23N5O3S/c1-23-20(29)18-10-15-12-27(8-5-17(15)31-18)21(30)22(6-2-7-22)25-19(28)13-3-4-16-14(9-13)11-24-26-16/h3-4,9-11H,2,5-8,12H2,1H3,(H,23,29)(H,24,26)(H,25,28). The molecule has 0 bridgehead atoms. The number of hydrogen-bond acceptors (Lipinski definition) is 5. The summed E-state index contributed by atoms with van der Waals surface area (Å²) in [5.41, 5.74) is 1.55. The van der Waals surface area contributed by atoms with Gasteiger partial charge in [-0.15, -0.1) is 11.3 Å². The summed E-state index contributed by atoms with van der Waals surface area (Å²) in [5.74, 6) is -0.379. The molecule has 160 valence electrons. The van der Waals surface area contributed by atoms with Gasteiger partial charge in [-0.3, -0.25) is 19.5 Å². The maximum Gasteiger partial charge on any atom is 0.261 e. The molecule has 1 aliphatic heterocycles. The minimum atomic E-state index is -0.848. The number of hydrogen-bond donors (Lipinski definition) is 3. The molecule has 0 atom stereocenters. The van der Waals surface area contributed by atoms with Gasteiger partial charge in [-0.25, -0.2) is 0 Å². The summed E-state index contributed by atoms with van der Waals surface area (Å²) in [6.45, 7) is 1.07. The fourth-order valence-electron chi connectivity index (χ4n) is 4.34. The van der Waals surface area contributed by atoms with Gasteiger partial charge in [0.25, 0.3) is 11.8 Å². The molecular weight excluding hydrogens is 414 g/mol. The van der Waals surface area contributed by atoms with Crippen molar-refractivity contribution in [2.45, 2.75) is 37.8 Å². The van der Waals surface area contributed by atoms with Crippen molar-refractivity contribution >= 4 is 40.0 Å². The molecule has 1 aliphatic carbocycles. The number of H-pyrrole nitrogens is 1. The lowest BCUT2D eigenvalue weighted by atomic mass is 9.75. The van der Waals surface area contributed by atoms with Crippen molar-refractivity contribution in [2.24, 2.45) is 0 Å². The first-order chi connectivity index (χ1) is 15.0. The number of rotatable bonds is 4. The molecule has 0 saturated heterocycles. The summed E-state index contributed by atoms with van der Waals surface area (Å²) in [5, 5.41) is 13.4. The molecular formula is C22H23N5O3S. The SMILES string of the molecule is CNC(=O)c1cc2c(s1)CCN(C(=O)C1(NC(=O)c3ccc4[nH]ncc4c3)CCC1)C2. The van der Waals surface area contributed by atoms with Crippen LogP contribution < -0.4 is 10.6 Å². The number of nitrogens with zero attached hydrogens (tertiary/aromatic N) is 2. The van der Waals surface area contributed by atoms with E-state index < -0.39 is 5.54 Å². The Morgan fingerprint density at radius 1 is 1.19 bits per heavy atom. The second kappa shape index (κ2) is 7.49. The van der Waals surface area contributed by atoms with Crippen LogP contribution >= 0.6 is 11.3 Å². The Labute approximate surface area is 183 Å². The van der Waals surface area contributed by atoms with E-state index in [1.54, 1.807) is 25.4 Å². The number of thiophene rings is 1. The lowest BCUT2D eigenvalue weighted by Crippen LogP contribution is -2.63. The van der Waals surface area contributed by atoms with Crippen LogP contribution in [0, 0.1) is 0 Å². The fourth-order valence-corrected chi connectivity index (χ4v) is 5.45. The average Bonchev–Trinajstić information content (AvgIpc) is 3.40. The van der Waals surface area contributed by atoms with Gasteiger partial charge in [-0.1, -0.05) is 0 Å². The third kappa shape index (κ3) is 3.38. The van der Waals surface area contributed by atoms with E-state index in [-0.39, 0.29) is 17.7 Å². The average molecular weight is 438 g/mol. The van der Waals surface area contributed by atoms with Crippen LogP contribution in [0.3, 0.4) is 0 Å². The summed E-state index contributed by atoms with van der Waals surface area (Å²) < 4.78 is 0. The van der Waals surface area contributed by atoms with Gasteiger partial charge in [-0.05, 0) is 55.5 Å². The van der Waals surface area contributed by atoms with Gasteiger partial charge < -0.3 is 15.5 Å². The molecule has 1 saturated carbocycles. The monoisotopic (exact) mass is 437 g/mol. The Bertz CT molecular complexity index is 1190. The van der Waals surface area contributed by atoms with E-state index in [1.165, 1.54) is 11.3 Å². The maximum atomic E-state index is 13.5. The Kier molecular flexibility index (Phi) is 4.77. The molecule has 3 N–H and O–H groups in total. The second-order valence-corrected chi connectivity index (χ2v) is 9.31. The third-order valence-corrected chi connectivity index (χ3v) is 7.51. The van der Waals surface area contributed by atoms with E-state index >= 15 is 0 Å². The predicted octanol–water partition coefficient (Wildman–Crippen LogP) is 2.22. The van der Waals surface area contributed by atoms with Crippen LogP contribution in [0.15, 0.2) is 30.5 Å². The molecule has 0 unspecified atom stereocenters. The highest BCUT2D eigenvalue weighted by Gasteiger charge is 2.48. The van der Waals surface area contributed by atoms with Gasteiger partial charge >= 0.3 is 0 Å². The number of aromatic amines is 1. The molecule has 3 amide bonds. The molecule has 1 aromatic carbocycles. The number of nitrogens with one attached hydrogen (secondary N) is 3. The smallest absolute Gasteiger partial charge is 0.261 e. The van der Waals surface area contributed by atoms with Crippen molar-refractivity contribution in [1.29, 1.82) is 0 Å². The molecule has 0 spiro atoms. The molecule has 5 rings (SSSR count). The second-order valence-electron chi connectivity index (χ2n) is 8.18. The Morgan fingerprint density at radius 2 is 2.03 bits per heavy atom. The van der Waals surface area contributed by atoms with Crippen LogP contribution in [0.25, 0.3) is 10.9 Å². The van der Waals surface area contributed by atoms with Gasteiger partial charge in [-0.2, -0.15) is 5.10 Å². The minimum absolute atomic E-state index is 0.0326. The quantitative estimate of drug-likeness (QED) is 0.582. The topological polar surface area (TPSA) is 107 Å². The van der Waals surface area contributed by atoms with Gasteiger partial charge in [0, 0.05) is 36.0 Å². The largest absolute Gasteiger partial charge is 0.354 e. The molecule has 31 heavy (non-hydrogen) atoms. The highest BCUT2D eigenvalue weighted by Crippen LogP contribution is 2.36. The number of amides is 3. The van der Waals surface area contributed by atoms with Crippen LogP contribution in [-0.2, 0) is 17.8 Å². The maximum absolute atomic E-state index is 13.5. The van der Waals surface area contributed by atoms with Gasteiger partial charge in [0.1, 0.15) is 5.54 Å². The van der Waals surface area contributed by atoms with Crippen LogP contribution in [0.2, 0.25) is 0 Å². The van der Waals surface area contributed by atoms with E-state index in [9.17, 15) is 14.4 Å². The molecule has 3 heterocycles. The molecule has 8 nitrogen and oxygen atoms in total. The Morgan fingerprint density at radius 3 is 2.77 bits per heavy atom. The molecule has 1 fully saturated rings. The van der Waals surface area contributed by atoms with E-state index in [0.717, 1.165) is 34.2 Å². The fraction of sp³-hybridized carbons (Fsp3) is 0.364. The van der Waals surface area contributed by atoms with Crippen LogP contribution in [0.4, 0.5) is 0 Å². The summed E-state index contributed by atoms with van der Waals surface area (Å²) in [7, 11) is 1.62. The highest BCUT2D eigenvalue weighted by atomic mass is 32.1. The normalized spacial score (nSPS) is 17.0. The van der Waals surface area contributed by atoms with E-state index in [0.29, 0.717) is 36.4 Å². The first-order valence-corrected chi connectivity index (χ1v) is 11.2. The predicted molar refractivity (Wildman–Crippen MR) is 117 cm³/mol. The zero-order valence-corrected chi connectivity index (χ0v) is 18.0. The summed E-state index contributed by atoms with van der Waals surface area (Å²) in [6.07, 6.45) is 4.59. The summed E-state index contributed by atoms with van der Waals surface area (Å²) >= 11 is 1.49. The van der Waals surface area contributed by atoms with Crippen molar-refractivity contribution in [2.75, 3.05) is 13.6 Å². The van der Waals surface area contributed by atoms with Crippen molar-refractivity contribution in [3.63, 3.8) is 0 Å². The number of carbonyl (C=O) groups excluding carboxylic acids is 3. The third-order valence-electron chi connectivity index (χ3n) is 6.28. The Balaban J connectivity index is 1.33. The molecule has 3 aromatic rings. The van der Waals surface area contributed by atoms with Crippen molar-refractivity contribution in [3.05, 3.63) is 51.3 Å². The summed E-state index contributed by atoms with van der Waals surface area (Å²) in [6, 6.07) is 7.22. The first-order valence-electron chi connectivity index (χ1n) is 10.4. The van der Waals surface area contributed by atoms with Crippen LogP contribution in [0.1, 0.15) is 49.7 Å². The van der Waals surface area contributed by atoms with Crippen molar-refractivity contribution in [3.8, 4) is 0 Å². The zero-order chi connectivity index (χ0) is 21.6. The zero-order valence-electron chi connectivity index (χ0n) is 17.2. The van der Waals surface area contributed by atoms with Gasteiger partial charge in [0.15, 0.2) is 0 Å². The van der Waals surface area contributed by atoms with Crippen LogP contribution in [-0.4, -0.2) is 52.0 Å². The minimum Gasteiger partial charge on any atom is -0.354 e. The first kappa shape index (κ1) is 19.7. The molecule has 9 heteroatoms. The van der Waals surface area contributed by atoms with Crippen LogP contribution in [0.5, 0.6) is 0 Å². The highest BCUT2D eigenvalue weighted by molar-refractivity contribution is 7.14. The molecule has 0 radical (unpaired) electrons. The number of carbonyl (C=O) groups is 3. The molecule has 2 aliphatic rings. The van der Waals surface area contributed by atoms with Gasteiger partial charge in [0.05, 0.1) is 16.6 Å². The number of aromatic nitrogens is 2. The van der Waals surface area contributed by atoms with E-state index in [2.05, 4.69) is 20.8 Å². The lowest BCUT2D eigenvalue weighted by Gasteiger charge is -2.44. The van der Waals surface area contributed by atoms with Crippen molar-refractivity contribution in [1.82, 2.24) is 25.7 Å². The van der Waals surface area contributed by atoms with Gasteiger partial charge in [0.2, 0.25) is 5.91 Å². The summed E-state index contributed by atoms with van der Waals surface area (Å²) in [4.78, 5) is 42.0. The number of benzene rings is 1. The van der Waals surface area contributed by atoms with Crippen molar-refractivity contribution < 1.29 is 14.4 Å². The molecule has 2 aromatic heterocycles. The van der Waals surface area contributed by atoms with E-state index in [4.69, 9.17) is 0 Å². The van der Waals surface area contributed by atoms with E-state index in [1.807, 2.05) is 17.0 Å². The number of fused-ring (bicyclic) bond motifs is 2. The lowest BCUT2D eigenvalue weighted by molar-refractivity contribution is -0.142. The Hall–Kier alpha value is -3.20.